The number of hydrogen-bond donors (Lipinski definition) is 2. The Morgan fingerprint density at radius 3 is 2.85 bits per heavy atom. The van der Waals surface area contributed by atoms with Crippen molar-refractivity contribution in [2.75, 3.05) is 30.8 Å². The molecule has 4 heterocycles. The summed E-state index contributed by atoms with van der Waals surface area (Å²) in [6.07, 6.45) is 2.76. The van der Waals surface area contributed by atoms with E-state index in [0.717, 1.165) is 65.3 Å². The van der Waals surface area contributed by atoms with Crippen LogP contribution in [0.5, 0.6) is 0 Å². The molecule has 0 unspecified atom stereocenters. The molecule has 0 bridgehead atoms. The molecule has 3 N–H and O–H groups in total. The number of nitrogen functional groups attached to an aromatic ring is 1. The predicted molar refractivity (Wildman–Crippen MR) is 133 cm³/mol. The molecule has 5 rings (SSSR count). The van der Waals surface area contributed by atoms with Gasteiger partial charge in [-0.3, -0.25) is 4.79 Å². The Balaban J connectivity index is 1.29. The van der Waals surface area contributed by atoms with Gasteiger partial charge in [-0.15, -0.1) is 11.3 Å². The van der Waals surface area contributed by atoms with Gasteiger partial charge in [-0.2, -0.15) is 0 Å². The number of carbonyl (C=O) groups is 1. The zero-order valence-corrected chi connectivity index (χ0v) is 20.5. The largest absolute Gasteiger partial charge is 0.397 e. The zero-order valence-electron chi connectivity index (χ0n) is 19.6. The lowest BCUT2D eigenvalue weighted by Gasteiger charge is -2.26. The van der Waals surface area contributed by atoms with E-state index >= 15 is 0 Å². The summed E-state index contributed by atoms with van der Waals surface area (Å²) in [5, 5.41) is 4.11. The van der Waals surface area contributed by atoms with Crippen LogP contribution in [0.4, 0.5) is 11.5 Å². The minimum atomic E-state index is -0.109. The second kappa shape index (κ2) is 8.57. The van der Waals surface area contributed by atoms with Crippen molar-refractivity contribution in [1.29, 1.82) is 0 Å². The molecule has 0 aromatic carbocycles. The summed E-state index contributed by atoms with van der Waals surface area (Å²) in [5.41, 5.74) is 11.2. The maximum Gasteiger partial charge on any atom is 0.263 e. The number of methoxy groups -OCH3 is 1. The normalized spacial score (nSPS) is 22.5. The zero-order chi connectivity index (χ0) is 23.3. The second-order valence-corrected chi connectivity index (χ2v) is 10.4. The summed E-state index contributed by atoms with van der Waals surface area (Å²) in [7, 11) is 1.78. The van der Waals surface area contributed by atoms with E-state index in [-0.39, 0.29) is 18.1 Å². The minimum Gasteiger partial charge on any atom is -0.397 e. The number of anilines is 2. The Morgan fingerprint density at radius 2 is 2.09 bits per heavy atom. The predicted octanol–water partition coefficient (Wildman–Crippen LogP) is 3.65. The van der Waals surface area contributed by atoms with Gasteiger partial charge in [-0.05, 0) is 56.4 Å². The number of pyridine rings is 2. The quantitative estimate of drug-likeness (QED) is 0.611. The van der Waals surface area contributed by atoms with Crippen LogP contribution in [-0.4, -0.2) is 48.2 Å². The first-order valence-electron chi connectivity index (χ1n) is 11.6. The van der Waals surface area contributed by atoms with Gasteiger partial charge in [-0.1, -0.05) is 13.0 Å². The van der Waals surface area contributed by atoms with Gasteiger partial charge in [0.05, 0.1) is 11.8 Å². The standard InChI is InChI=1S/C25H31N5O2S/c1-13-9-15(3)27-25-21(13)22(26)23(33-25)24(31)28-17-6-7-18-16(10-17)5-8-20(29-18)30-11-14(2)19(12-30)32-4/h5,8-9,14,17,19H,6-7,10-12,26H2,1-4H3,(H,28,31)/t14-,17-,19-/m0/s1. The van der Waals surface area contributed by atoms with E-state index in [9.17, 15) is 4.79 Å². The van der Waals surface area contributed by atoms with Crippen molar-refractivity contribution in [3.8, 4) is 0 Å². The van der Waals surface area contributed by atoms with Gasteiger partial charge in [0.15, 0.2) is 0 Å². The van der Waals surface area contributed by atoms with Gasteiger partial charge in [0.2, 0.25) is 0 Å². The number of fused-ring (bicyclic) bond motifs is 2. The molecule has 0 spiro atoms. The number of aromatic nitrogens is 2. The molecule has 8 heteroatoms. The SMILES string of the molecule is CO[C@H]1CN(c2ccc3c(n2)CC[C@H](NC(=O)c2sc4nc(C)cc(C)c4c2N)C3)C[C@@H]1C. The Labute approximate surface area is 198 Å². The lowest BCUT2D eigenvalue weighted by molar-refractivity contribution is 0.0899. The van der Waals surface area contributed by atoms with E-state index < -0.39 is 0 Å². The Hall–Kier alpha value is -2.71. The topological polar surface area (TPSA) is 93.4 Å². The molecule has 1 saturated heterocycles. The average molecular weight is 466 g/mol. The van der Waals surface area contributed by atoms with Crippen molar-refractivity contribution in [2.24, 2.45) is 5.92 Å². The minimum absolute atomic E-state index is 0.0720. The molecule has 3 aromatic heterocycles. The number of hydrogen-bond acceptors (Lipinski definition) is 7. The molecule has 1 fully saturated rings. The van der Waals surface area contributed by atoms with E-state index in [0.29, 0.717) is 16.5 Å². The summed E-state index contributed by atoms with van der Waals surface area (Å²) < 4.78 is 5.59. The average Bonchev–Trinajstić information content (AvgIpc) is 3.32. The molecule has 7 nitrogen and oxygen atoms in total. The molecule has 0 radical (unpaired) electrons. The number of ether oxygens (including phenoxy) is 1. The van der Waals surface area contributed by atoms with Crippen LogP contribution >= 0.6 is 11.3 Å². The van der Waals surface area contributed by atoms with Gasteiger partial charge in [0.1, 0.15) is 15.5 Å². The molecule has 3 atom stereocenters. The maximum atomic E-state index is 13.1. The Bertz CT molecular complexity index is 1220. The summed E-state index contributed by atoms with van der Waals surface area (Å²) in [6.45, 7) is 8.04. The molecule has 2 aliphatic rings. The molecule has 33 heavy (non-hydrogen) atoms. The Kier molecular flexibility index (Phi) is 5.74. The van der Waals surface area contributed by atoms with Crippen molar-refractivity contribution in [2.45, 2.75) is 52.2 Å². The van der Waals surface area contributed by atoms with Gasteiger partial charge < -0.3 is 20.7 Å². The van der Waals surface area contributed by atoms with Crippen LogP contribution in [0.1, 0.15) is 45.5 Å². The van der Waals surface area contributed by atoms with Crippen molar-refractivity contribution < 1.29 is 9.53 Å². The number of rotatable bonds is 4. The number of carbonyl (C=O) groups excluding carboxylic acids is 1. The van der Waals surface area contributed by atoms with Crippen LogP contribution < -0.4 is 16.0 Å². The van der Waals surface area contributed by atoms with Crippen molar-refractivity contribution >= 4 is 39.0 Å². The van der Waals surface area contributed by atoms with E-state index in [2.05, 4.69) is 34.3 Å². The lowest BCUT2D eigenvalue weighted by Crippen LogP contribution is -2.39. The first-order valence-corrected chi connectivity index (χ1v) is 12.4. The molecule has 1 aliphatic heterocycles. The Morgan fingerprint density at radius 1 is 1.27 bits per heavy atom. The summed E-state index contributed by atoms with van der Waals surface area (Å²) in [5.74, 6) is 1.41. The molecular weight excluding hydrogens is 434 g/mol. The van der Waals surface area contributed by atoms with Crippen LogP contribution in [0.3, 0.4) is 0 Å². The highest BCUT2D eigenvalue weighted by Crippen LogP contribution is 2.35. The maximum absolute atomic E-state index is 13.1. The van der Waals surface area contributed by atoms with Crippen molar-refractivity contribution in [3.05, 3.63) is 45.6 Å². The van der Waals surface area contributed by atoms with E-state index in [1.165, 1.54) is 16.9 Å². The summed E-state index contributed by atoms with van der Waals surface area (Å²) >= 11 is 1.38. The van der Waals surface area contributed by atoms with Crippen LogP contribution in [0.2, 0.25) is 0 Å². The molecule has 0 saturated carbocycles. The van der Waals surface area contributed by atoms with Crippen LogP contribution in [-0.2, 0) is 17.6 Å². The third-order valence-corrected chi connectivity index (χ3v) is 8.08. The third-order valence-electron chi connectivity index (χ3n) is 6.99. The van der Waals surface area contributed by atoms with E-state index in [1.807, 2.05) is 19.9 Å². The van der Waals surface area contributed by atoms with Crippen molar-refractivity contribution in [1.82, 2.24) is 15.3 Å². The fourth-order valence-corrected chi connectivity index (χ4v) is 6.34. The van der Waals surface area contributed by atoms with Gasteiger partial charge in [0, 0.05) is 48.9 Å². The van der Waals surface area contributed by atoms with Crippen LogP contribution in [0, 0.1) is 19.8 Å². The number of nitrogens with zero attached hydrogens (tertiary/aromatic N) is 3. The highest BCUT2D eigenvalue weighted by atomic mass is 32.1. The summed E-state index contributed by atoms with van der Waals surface area (Å²) in [4.78, 5) is 26.3. The van der Waals surface area contributed by atoms with E-state index in [1.54, 1.807) is 7.11 Å². The molecular formula is C25H31N5O2S. The van der Waals surface area contributed by atoms with Gasteiger partial charge >= 0.3 is 0 Å². The number of thiophene rings is 1. The molecule has 1 aliphatic carbocycles. The van der Waals surface area contributed by atoms with Crippen LogP contribution in [0.15, 0.2) is 18.2 Å². The monoisotopic (exact) mass is 465 g/mol. The number of amides is 1. The van der Waals surface area contributed by atoms with Gasteiger partial charge in [0.25, 0.3) is 5.91 Å². The smallest absolute Gasteiger partial charge is 0.263 e. The van der Waals surface area contributed by atoms with E-state index in [4.69, 9.17) is 15.5 Å². The van der Waals surface area contributed by atoms with Crippen molar-refractivity contribution in [3.63, 3.8) is 0 Å². The second-order valence-electron chi connectivity index (χ2n) is 9.45. The van der Waals surface area contributed by atoms with Crippen LogP contribution in [0.25, 0.3) is 10.2 Å². The fraction of sp³-hybridized carbons (Fsp3) is 0.480. The number of nitrogens with two attached hydrogens (primary N) is 1. The fourth-order valence-electron chi connectivity index (χ4n) is 5.22. The molecule has 174 valence electrons. The highest BCUT2D eigenvalue weighted by Gasteiger charge is 2.31. The molecule has 3 aromatic rings. The number of nitrogens with one attached hydrogen (secondary N) is 1. The summed E-state index contributed by atoms with van der Waals surface area (Å²) in [6, 6.07) is 6.35. The highest BCUT2D eigenvalue weighted by molar-refractivity contribution is 7.21. The lowest BCUT2D eigenvalue weighted by atomic mass is 9.91. The molecule has 1 amide bonds. The first-order chi connectivity index (χ1) is 15.8. The third kappa shape index (κ3) is 4.06. The first kappa shape index (κ1) is 22.1. The van der Waals surface area contributed by atoms with Gasteiger partial charge in [-0.25, -0.2) is 9.97 Å². The number of aryl methyl sites for hydroxylation is 3.